The fourth-order valence-corrected chi connectivity index (χ4v) is 3.88. The van der Waals surface area contributed by atoms with Crippen molar-refractivity contribution in [3.8, 4) is 0 Å². The highest BCUT2D eigenvalue weighted by Crippen LogP contribution is 2.34. The lowest BCUT2D eigenvalue weighted by molar-refractivity contribution is -0.136. The van der Waals surface area contributed by atoms with Crippen LogP contribution in [0.5, 0.6) is 0 Å². The molecule has 2 aliphatic rings. The van der Waals surface area contributed by atoms with Crippen molar-refractivity contribution in [1.82, 2.24) is 14.8 Å². The number of hydrogen-bond donors (Lipinski definition) is 1. The molecule has 1 atom stereocenters. The molecule has 0 bridgehead atoms. The molecule has 1 aliphatic heterocycles. The summed E-state index contributed by atoms with van der Waals surface area (Å²) in [5.74, 6) is 0.325. The second-order valence-corrected chi connectivity index (χ2v) is 6.88. The summed E-state index contributed by atoms with van der Waals surface area (Å²) in [7, 11) is 0. The van der Waals surface area contributed by atoms with E-state index in [-0.39, 0.29) is 6.04 Å². The highest BCUT2D eigenvalue weighted by molar-refractivity contribution is 5.83. The molecule has 23 heavy (non-hydrogen) atoms. The third-order valence-corrected chi connectivity index (χ3v) is 5.28. The van der Waals surface area contributed by atoms with E-state index in [1.54, 1.807) is 0 Å². The Morgan fingerprint density at radius 2 is 2.17 bits per heavy atom. The van der Waals surface area contributed by atoms with Gasteiger partial charge in [0.1, 0.15) is 0 Å². The number of nitrogens with one attached hydrogen (secondary N) is 1. The van der Waals surface area contributed by atoms with Gasteiger partial charge in [0.2, 0.25) is 5.91 Å². The Morgan fingerprint density at radius 3 is 2.96 bits per heavy atom. The Hall–Kier alpha value is -1.81. The van der Waals surface area contributed by atoms with E-state index in [9.17, 15) is 4.79 Å². The normalized spacial score (nSPS) is 21.9. The number of rotatable bonds is 5. The Bertz CT molecular complexity index is 703. The molecular weight excluding hydrogens is 286 g/mol. The van der Waals surface area contributed by atoms with Gasteiger partial charge in [0, 0.05) is 30.8 Å². The zero-order valence-corrected chi connectivity index (χ0v) is 13.8. The fraction of sp³-hybridized carbons (Fsp3) is 0.526. The molecule has 0 spiro atoms. The van der Waals surface area contributed by atoms with Crippen molar-refractivity contribution in [2.75, 3.05) is 13.1 Å². The van der Waals surface area contributed by atoms with Crippen LogP contribution in [-0.2, 0) is 11.3 Å². The molecule has 2 fully saturated rings. The minimum Gasteiger partial charge on any atom is -0.361 e. The smallest absolute Gasteiger partial charge is 0.240 e. The first-order valence-corrected chi connectivity index (χ1v) is 8.87. The van der Waals surface area contributed by atoms with E-state index < -0.39 is 0 Å². The molecule has 4 rings (SSSR count). The molecule has 2 heterocycles. The number of carbonyl (C=O) groups excluding carboxylic acids is 1. The van der Waals surface area contributed by atoms with E-state index in [4.69, 9.17) is 0 Å². The van der Waals surface area contributed by atoms with Crippen molar-refractivity contribution in [1.29, 1.82) is 0 Å². The predicted octanol–water partition coefficient (Wildman–Crippen LogP) is 3.14. The average Bonchev–Trinajstić information content (AvgIpc) is 3.12. The van der Waals surface area contributed by atoms with Crippen LogP contribution in [0.1, 0.15) is 38.2 Å². The number of carbonyl (C=O) groups is 1. The van der Waals surface area contributed by atoms with Crippen molar-refractivity contribution >= 4 is 16.8 Å². The third-order valence-electron chi connectivity index (χ3n) is 5.28. The number of likely N-dealkylation sites (N-methyl/N-ethyl adjacent to an activating group) is 1. The number of aromatic amines is 1. The van der Waals surface area contributed by atoms with E-state index in [2.05, 4.69) is 41.1 Å². The van der Waals surface area contributed by atoms with E-state index in [1.807, 2.05) is 11.1 Å². The van der Waals surface area contributed by atoms with Crippen LogP contribution in [-0.4, -0.2) is 45.9 Å². The van der Waals surface area contributed by atoms with Crippen LogP contribution in [0.25, 0.3) is 10.9 Å². The standard InChI is InChI=1S/C19H25N3O/c1-2-21(13-14-5-8-17-15(12-14)9-10-20-17)19(23)18-4-3-11-22(18)16-6-7-16/h5,8-10,12,16,18,20H,2-4,6-7,11,13H2,1H3. The van der Waals surface area contributed by atoms with E-state index in [1.165, 1.54) is 30.2 Å². The number of nitrogens with zero attached hydrogens (tertiary/aromatic N) is 2. The van der Waals surface area contributed by atoms with Crippen LogP contribution in [0, 0.1) is 0 Å². The van der Waals surface area contributed by atoms with Crippen molar-refractivity contribution < 1.29 is 4.79 Å². The molecule has 4 nitrogen and oxygen atoms in total. The van der Waals surface area contributed by atoms with Crippen LogP contribution in [0.4, 0.5) is 0 Å². The summed E-state index contributed by atoms with van der Waals surface area (Å²) in [6.07, 6.45) is 6.71. The van der Waals surface area contributed by atoms with Crippen LogP contribution >= 0.6 is 0 Å². The molecule has 1 amide bonds. The number of H-pyrrole nitrogens is 1. The SMILES string of the molecule is CCN(Cc1ccc2[nH]ccc2c1)C(=O)C1CCCN1C1CC1. The quantitative estimate of drug-likeness (QED) is 0.921. The molecule has 1 unspecified atom stereocenters. The number of aromatic nitrogens is 1. The minimum absolute atomic E-state index is 0.124. The maximum atomic E-state index is 13.0. The molecule has 1 saturated carbocycles. The van der Waals surface area contributed by atoms with Gasteiger partial charge in [0.15, 0.2) is 0 Å². The largest absolute Gasteiger partial charge is 0.361 e. The average molecular weight is 311 g/mol. The van der Waals surface area contributed by atoms with Gasteiger partial charge in [-0.25, -0.2) is 0 Å². The van der Waals surface area contributed by atoms with E-state index >= 15 is 0 Å². The van der Waals surface area contributed by atoms with Gasteiger partial charge in [-0.15, -0.1) is 0 Å². The van der Waals surface area contributed by atoms with Crippen LogP contribution in [0.15, 0.2) is 30.5 Å². The topological polar surface area (TPSA) is 39.3 Å². The monoisotopic (exact) mass is 311 g/mol. The first-order valence-electron chi connectivity index (χ1n) is 8.87. The highest BCUT2D eigenvalue weighted by atomic mass is 16.2. The Kier molecular flexibility index (Phi) is 3.85. The third kappa shape index (κ3) is 2.88. The Labute approximate surface area is 137 Å². The molecular formula is C19H25N3O. The van der Waals surface area contributed by atoms with Gasteiger partial charge in [0.25, 0.3) is 0 Å². The molecule has 1 saturated heterocycles. The van der Waals surface area contributed by atoms with Crippen molar-refractivity contribution in [2.24, 2.45) is 0 Å². The first-order chi connectivity index (χ1) is 11.3. The number of benzene rings is 1. The molecule has 0 radical (unpaired) electrons. The summed E-state index contributed by atoms with van der Waals surface area (Å²) in [4.78, 5) is 20.7. The molecule has 4 heteroatoms. The Balaban J connectivity index is 1.49. The second-order valence-electron chi connectivity index (χ2n) is 6.88. The minimum atomic E-state index is 0.124. The fourth-order valence-electron chi connectivity index (χ4n) is 3.88. The molecule has 1 aromatic heterocycles. The number of likely N-dealkylation sites (tertiary alicyclic amines) is 1. The summed E-state index contributed by atoms with van der Waals surface area (Å²) in [5, 5.41) is 1.21. The molecule has 2 aromatic rings. The van der Waals surface area contributed by atoms with Gasteiger partial charge in [-0.1, -0.05) is 6.07 Å². The summed E-state index contributed by atoms with van der Waals surface area (Å²) < 4.78 is 0. The summed E-state index contributed by atoms with van der Waals surface area (Å²) in [6.45, 7) is 4.68. The number of amides is 1. The molecule has 1 N–H and O–H groups in total. The van der Waals surface area contributed by atoms with Gasteiger partial charge in [-0.2, -0.15) is 0 Å². The molecule has 1 aromatic carbocycles. The molecule has 122 valence electrons. The van der Waals surface area contributed by atoms with E-state index in [0.717, 1.165) is 25.0 Å². The zero-order valence-electron chi connectivity index (χ0n) is 13.8. The molecule has 1 aliphatic carbocycles. The second kappa shape index (κ2) is 6.00. The van der Waals surface area contributed by atoms with Gasteiger partial charge >= 0.3 is 0 Å². The van der Waals surface area contributed by atoms with Crippen LogP contribution in [0.3, 0.4) is 0 Å². The summed E-state index contributed by atoms with van der Waals surface area (Å²) >= 11 is 0. The van der Waals surface area contributed by atoms with Gasteiger partial charge in [-0.05, 0) is 68.3 Å². The first kappa shape index (κ1) is 14.8. The maximum absolute atomic E-state index is 13.0. The lowest BCUT2D eigenvalue weighted by atomic mass is 10.1. The van der Waals surface area contributed by atoms with Crippen molar-refractivity contribution in [3.05, 3.63) is 36.0 Å². The zero-order chi connectivity index (χ0) is 15.8. The maximum Gasteiger partial charge on any atom is 0.240 e. The Morgan fingerprint density at radius 1 is 1.30 bits per heavy atom. The number of hydrogen-bond acceptors (Lipinski definition) is 2. The lowest BCUT2D eigenvalue weighted by Gasteiger charge is -2.29. The summed E-state index contributed by atoms with van der Waals surface area (Å²) in [6, 6.07) is 9.31. The van der Waals surface area contributed by atoms with Gasteiger partial charge < -0.3 is 9.88 Å². The highest BCUT2D eigenvalue weighted by Gasteiger charge is 2.41. The summed E-state index contributed by atoms with van der Waals surface area (Å²) in [5.41, 5.74) is 2.36. The lowest BCUT2D eigenvalue weighted by Crippen LogP contribution is -2.46. The predicted molar refractivity (Wildman–Crippen MR) is 92.1 cm³/mol. The van der Waals surface area contributed by atoms with Gasteiger partial charge in [0.05, 0.1) is 6.04 Å². The number of fused-ring (bicyclic) bond motifs is 1. The van der Waals surface area contributed by atoms with Crippen LogP contribution in [0.2, 0.25) is 0 Å². The van der Waals surface area contributed by atoms with Crippen molar-refractivity contribution in [2.45, 2.75) is 51.2 Å². The van der Waals surface area contributed by atoms with Gasteiger partial charge in [-0.3, -0.25) is 9.69 Å². The van der Waals surface area contributed by atoms with Crippen LogP contribution < -0.4 is 0 Å². The van der Waals surface area contributed by atoms with E-state index in [0.29, 0.717) is 18.5 Å². The van der Waals surface area contributed by atoms with Crippen molar-refractivity contribution in [3.63, 3.8) is 0 Å².